The molecule has 0 spiro atoms. The maximum Gasteiger partial charge on any atom is 0.321 e. The second-order valence-corrected chi connectivity index (χ2v) is 3.10. The van der Waals surface area contributed by atoms with E-state index in [9.17, 15) is 4.79 Å². The van der Waals surface area contributed by atoms with Crippen molar-refractivity contribution in [1.29, 1.82) is 0 Å². The number of urea groups is 1. The summed E-state index contributed by atoms with van der Waals surface area (Å²) in [6, 6.07) is 0.113. The molecule has 1 fully saturated rings. The Bertz CT molecular complexity index is 173. The van der Waals surface area contributed by atoms with E-state index >= 15 is 0 Å². The van der Waals surface area contributed by atoms with Crippen molar-refractivity contribution in [3.05, 3.63) is 0 Å². The maximum absolute atomic E-state index is 11.6. The van der Waals surface area contributed by atoms with Crippen LogP contribution < -0.4 is 0 Å². The van der Waals surface area contributed by atoms with Gasteiger partial charge >= 0.3 is 6.03 Å². The molecule has 0 bridgehead atoms. The van der Waals surface area contributed by atoms with E-state index in [-0.39, 0.29) is 6.03 Å². The minimum absolute atomic E-state index is 0.113. The molecule has 13 heavy (non-hydrogen) atoms. The Hall–Kier alpha value is -0.770. The van der Waals surface area contributed by atoms with Gasteiger partial charge in [-0.25, -0.2) is 4.79 Å². The minimum atomic E-state index is 0.113. The number of nitrogens with zero attached hydrogens (tertiary/aromatic N) is 2. The third kappa shape index (κ3) is 2.59. The first-order valence-corrected chi connectivity index (χ1v) is 4.91. The van der Waals surface area contributed by atoms with E-state index in [0.29, 0.717) is 13.3 Å². The average molecular weight is 186 g/mol. The monoisotopic (exact) mass is 186 g/mol. The Morgan fingerprint density at radius 2 is 2.00 bits per heavy atom. The quantitative estimate of drug-likeness (QED) is 0.659. The molecule has 1 rings (SSSR count). The van der Waals surface area contributed by atoms with E-state index in [1.54, 1.807) is 4.90 Å². The predicted molar refractivity (Wildman–Crippen MR) is 50.5 cm³/mol. The number of ether oxygens (including phenoxy) is 1. The first-order chi connectivity index (χ1) is 6.29. The van der Waals surface area contributed by atoms with Gasteiger partial charge in [0.15, 0.2) is 0 Å². The molecule has 0 saturated carbocycles. The normalized spacial score (nSPS) is 18.2. The van der Waals surface area contributed by atoms with Gasteiger partial charge in [-0.15, -0.1) is 0 Å². The van der Waals surface area contributed by atoms with E-state index in [4.69, 9.17) is 4.74 Å². The fourth-order valence-corrected chi connectivity index (χ4v) is 1.46. The molecule has 0 atom stereocenters. The van der Waals surface area contributed by atoms with Gasteiger partial charge in [-0.2, -0.15) is 0 Å². The summed E-state index contributed by atoms with van der Waals surface area (Å²) in [5, 5.41) is 0. The summed E-state index contributed by atoms with van der Waals surface area (Å²) in [7, 11) is 0. The van der Waals surface area contributed by atoms with Gasteiger partial charge in [-0.1, -0.05) is 0 Å². The van der Waals surface area contributed by atoms with E-state index in [2.05, 4.69) is 0 Å². The van der Waals surface area contributed by atoms with Crippen LogP contribution in [0.1, 0.15) is 20.3 Å². The Morgan fingerprint density at radius 1 is 1.31 bits per heavy atom. The van der Waals surface area contributed by atoms with E-state index in [1.165, 1.54) is 0 Å². The topological polar surface area (TPSA) is 32.8 Å². The summed E-state index contributed by atoms with van der Waals surface area (Å²) in [6.07, 6.45) is 1.05. The number of rotatable bonds is 4. The molecule has 0 aliphatic carbocycles. The summed E-state index contributed by atoms with van der Waals surface area (Å²) in [6.45, 7) is 7.55. The molecule has 0 aromatic carbocycles. The van der Waals surface area contributed by atoms with Crippen molar-refractivity contribution in [2.24, 2.45) is 0 Å². The van der Waals surface area contributed by atoms with Gasteiger partial charge in [-0.05, 0) is 20.3 Å². The van der Waals surface area contributed by atoms with Crippen molar-refractivity contribution in [1.82, 2.24) is 9.80 Å². The highest BCUT2D eigenvalue weighted by atomic mass is 16.5. The van der Waals surface area contributed by atoms with Crippen LogP contribution in [0.15, 0.2) is 0 Å². The zero-order valence-electron chi connectivity index (χ0n) is 8.45. The molecule has 1 saturated heterocycles. The lowest BCUT2D eigenvalue weighted by molar-refractivity contribution is 0.0308. The Morgan fingerprint density at radius 3 is 2.62 bits per heavy atom. The van der Waals surface area contributed by atoms with E-state index in [0.717, 1.165) is 26.1 Å². The number of amides is 2. The van der Waals surface area contributed by atoms with Crippen molar-refractivity contribution in [3.63, 3.8) is 0 Å². The van der Waals surface area contributed by atoms with Crippen LogP contribution in [0.5, 0.6) is 0 Å². The van der Waals surface area contributed by atoms with Crippen LogP contribution >= 0.6 is 0 Å². The van der Waals surface area contributed by atoms with Crippen molar-refractivity contribution >= 4 is 6.03 Å². The van der Waals surface area contributed by atoms with Gasteiger partial charge in [0.1, 0.15) is 6.73 Å². The Kier molecular flexibility index (Phi) is 4.02. The van der Waals surface area contributed by atoms with Gasteiger partial charge in [0.05, 0.1) is 0 Å². The van der Waals surface area contributed by atoms with Crippen molar-refractivity contribution in [2.45, 2.75) is 20.3 Å². The SMILES string of the molecule is CCOCN1CCCN(CC)C1=O. The first kappa shape index (κ1) is 10.3. The summed E-state index contributed by atoms with van der Waals surface area (Å²) in [5.74, 6) is 0. The van der Waals surface area contributed by atoms with E-state index in [1.807, 2.05) is 18.7 Å². The zero-order chi connectivity index (χ0) is 9.68. The van der Waals surface area contributed by atoms with Crippen LogP contribution in [0.25, 0.3) is 0 Å². The lowest BCUT2D eigenvalue weighted by Crippen LogP contribution is -2.49. The summed E-state index contributed by atoms with van der Waals surface area (Å²) >= 11 is 0. The third-order valence-electron chi connectivity index (χ3n) is 2.23. The fraction of sp³-hybridized carbons (Fsp3) is 0.889. The number of hydrogen-bond donors (Lipinski definition) is 0. The summed E-state index contributed by atoms with van der Waals surface area (Å²) < 4.78 is 5.21. The molecule has 0 radical (unpaired) electrons. The largest absolute Gasteiger partial charge is 0.361 e. The minimum Gasteiger partial charge on any atom is -0.361 e. The highest BCUT2D eigenvalue weighted by molar-refractivity contribution is 5.74. The molecule has 4 nitrogen and oxygen atoms in total. The van der Waals surface area contributed by atoms with Crippen LogP contribution in [0.2, 0.25) is 0 Å². The molecule has 4 heteroatoms. The number of hydrogen-bond acceptors (Lipinski definition) is 2. The van der Waals surface area contributed by atoms with E-state index < -0.39 is 0 Å². The van der Waals surface area contributed by atoms with Crippen LogP contribution in [0.4, 0.5) is 4.79 Å². The van der Waals surface area contributed by atoms with Crippen LogP contribution in [0, 0.1) is 0 Å². The molecular weight excluding hydrogens is 168 g/mol. The molecule has 1 heterocycles. The van der Waals surface area contributed by atoms with Crippen LogP contribution in [-0.4, -0.2) is 48.8 Å². The van der Waals surface area contributed by atoms with Gasteiger partial charge in [0.25, 0.3) is 0 Å². The van der Waals surface area contributed by atoms with Gasteiger partial charge in [-0.3, -0.25) is 0 Å². The Balaban J connectivity index is 2.40. The van der Waals surface area contributed by atoms with Crippen molar-refractivity contribution in [3.8, 4) is 0 Å². The predicted octanol–water partition coefficient (Wildman–Crippen LogP) is 1.13. The first-order valence-electron chi connectivity index (χ1n) is 4.91. The smallest absolute Gasteiger partial charge is 0.321 e. The summed E-state index contributed by atoms with van der Waals surface area (Å²) in [5.41, 5.74) is 0. The standard InChI is InChI=1S/C9H18N2O2/c1-3-10-6-5-7-11(9(10)12)8-13-4-2/h3-8H2,1-2H3. The van der Waals surface area contributed by atoms with Gasteiger partial charge in [0.2, 0.25) is 0 Å². The number of carbonyl (C=O) groups excluding carboxylic acids is 1. The molecule has 0 aromatic rings. The molecule has 1 aliphatic heterocycles. The van der Waals surface area contributed by atoms with Gasteiger partial charge in [0, 0.05) is 26.2 Å². The number of carbonyl (C=O) groups is 1. The van der Waals surface area contributed by atoms with Crippen LogP contribution in [0.3, 0.4) is 0 Å². The second kappa shape index (κ2) is 5.07. The second-order valence-electron chi connectivity index (χ2n) is 3.10. The fourth-order valence-electron chi connectivity index (χ4n) is 1.46. The molecule has 1 aliphatic rings. The highest BCUT2D eigenvalue weighted by Crippen LogP contribution is 2.08. The average Bonchev–Trinajstić information content (AvgIpc) is 2.16. The highest BCUT2D eigenvalue weighted by Gasteiger charge is 2.23. The molecule has 2 amide bonds. The van der Waals surface area contributed by atoms with Crippen LogP contribution in [-0.2, 0) is 4.74 Å². The Labute approximate surface area is 79.4 Å². The molecular formula is C9H18N2O2. The molecule has 0 unspecified atom stereocenters. The van der Waals surface area contributed by atoms with Crippen molar-refractivity contribution in [2.75, 3.05) is 33.0 Å². The zero-order valence-corrected chi connectivity index (χ0v) is 8.45. The lowest BCUT2D eigenvalue weighted by atomic mass is 10.3. The summed E-state index contributed by atoms with van der Waals surface area (Å²) in [4.78, 5) is 15.2. The molecule has 0 aromatic heterocycles. The lowest BCUT2D eigenvalue weighted by Gasteiger charge is -2.34. The third-order valence-corrected chi connectivity index (χ3v) is 2.23. The van der Waals surface area contributed by atoms with Gasteiger partial charge < -0.3 is 14.5 Å². The molecule has 76 valence electrons. The van der Waals surface area contributed by atoms with Crippen molar-refractivity contribution < 1.29 is 9.53 Å². The maximum atomic E-state index is 11.6. The molecule has 0 N–H and O–H groups in total.